The molecule has 0 aliphatic heterocycles. The largest absolute Gasteiger partial charge is 0.330 e. The smallest absolute Gasteiger partial charge is 0.238 e. The monoisotopic (exact) mass is 439 g/mol. The van der Waals surface area contributed by atoms with Gasteiger partial charge < -0.3 is 10.6 Å². The van der Waals surface area contributed by atoms with Gasteiger partial charge in [-0.1, -0.05) is 64.5 Å². The molecule has 27 heavy (non-hydrogen) atoms. The molecule has 0 fully saturated rings. The van der Waals surface area contributed by atoms with Crippen LogP contribution in [0, 0.1) is 6.92 Å². The van der Waals surface area contributed by atoms with E-state index >= 15 is 0 Å². The van der Waals surface area contributed by atoms with Crippen molar-refractivity contribution in [2.24, 2.45) is 0 Å². The van der Waals surface area contributed by atoms with E-state index < -0.39 is 5.25 Å². The zero-order valence-corrected chi connectivity index (χ0v) is 17.5. The van der Waals surface area contributed by atoms with Crippen molar-refractivity contribution in [3.05, 3.63) is 52.1 Å². The Kier molecular flexibility index (Phi) is 6.54. The summed E-state index contributed by atoms with van der Waals surface area (Å²) in [6.07, 6.45) is 1.43. The van der Waals surface area contributed by atoms with Crippen LogP contribution in [0.4, 0.5) is 16.6 Å². The van der Waals surface area contributed by atoms with Gasteiger partial charge in [0.2, 0.25) is 11.0 Å². The first-order valence-electron chi connectivity index (χ1n) is 7.87. The first kappa shape index (κ1) is 19.9. The Labute approximate surface area is 174 Å². The number of aryl methyl sites for hydroxylation is 1. The number of hydrogen-bond donors (Lipinski definition) is 2. The third-order valence-corrected chi connectivity index (χ3v) is 6.01. The van der Waals surface area contributed by atoms with E-state index in [9.17, 15) is 4.79 Å². The second-order valence-electron chi connectivity index (χ2n) is 5.55. The van der Waals surface area contributed by atoms with Crippen LogP contribution in [0.1, 0.15) is 12.5 Å². The molecule has 0 aliphatic rings. The minimum absolute atomic E-state index is 0.236. The zero-order valence-electron chi connectivity index (χ0n) is 14.4. The molecule has 2 heterocycles. The highest BCUT2D eigenvalue weighted by atomic mass is 35.5. The summed E-state index contributed by atoms with van der Waals surface area (Å²) in [5.41, 5.74) is 2.08. The van der Waals surface area contributed by atoms with Crippen LogP contribution in [0.15, 0.2) is 40.9 Å². The number of benzene rings is 1. The van der Waals surface area contributed by atoms with Crippen LogP contribution in [0.25, 0.3) is 0 Å². The molecular weight excluding hydrogens is 425 g/mol. The summed E-state index contributed by atoms with van der Waals surface area (Å²) >= 11 is 14.5. The number of pyridine rings is 1. The molecule has 0 bridgehead atoms. The van der Waals surface area contributed by atoms with Gasteiger partial charge in [-0.15, -0.1) is 10.2 Å². The molecule has 1 atom stereocenters. The van der Waals surface area contributed by atoms with Gasteiger partial charge in [0.1, 0.15) is 0 Å². The van der Waals surface area contributed by atoms with Crippen molar-refractivity contribution in [1.29, 1.82) is 0 Å². The number of halogens is 2. The summed E-state index contributed by atoms with van der Waals surface area (Å²) < 4.78 is 0.684. The summed E-state index contributed by atoms with van der Waals surface area (Å²) in [5.74, 6) is 0.0398. The normalized spacial score (nSPS) is 11.9. The van der Waals surface area contributed by atoms with Crippen molar-refractivity contribution >= 4 is 68.8 Å². The lowest BCUT2D eigenvalue weighted by Gasteiger charge is -2.10. The van der Waals surface area contributed by atoms with E-state index in [1.807, 2.05) is 31.2 Å². The summed E-state index contributed by atoms with van der Waals surface area (Å²) in [6, 6.07) is 9.44. The number of carbonyl (C=O) groups excluding carboxylic acids is 1. The lowest BCUT2D eigenvalue weighted by molar-refractivity contribution is -0.115. The first-order valence-corrected chi connectivity index (χ1v) is 10.3. The van der Waals surface area contributed by atoms with Gasteiger partial charge in [-0.25, -0.2) is 4.98 Å². The molecule has 0 radical (unpaired) electrons. The molecule has 3 aromatic rings. The number of amides is 1. The van der Waals surface area contributed by atoms with Gasteiger partial charge in [0, 0.05) is 11.9 Å². The van der Waals surface area contributed by atoms with Crippen LogP contribution in [0.3, 0.4) is 0 Å². The Balaban J connectivity index is 1.61. The maximum Gasteiger partial charge on any atom is 0.238 e. The lowest BCUT2D eigenvalue weighted by Crippen LogP contribution is -2.23. The van der Waals surface area contributed by atoms with Crippen molar-refractivity contribution < 1.29 is 4.79 Å². The number of anilines is 3. The molecule has 0 saturated carbocycles. The summed E-state index contributed by atoms with van der Waals surface area (Å²) in [5, 5.41) is 15.1. The van der Waals surface area contributed by atoms with Crippen LogP contribution in [-0.4, -0.2) is 26.3 Å². The zero-order chi connectivity index (χ0) is 19.4. The number of nitrogens with zero attached hydrogens (tertiary/aromatic N) is 3. The molecule has 10 heteroatoms. The van der Waals surface area contributed by atoms with Crippen molar-refractivity contribution in [2.45, 2.75) is 23.4 Å². The molecule has 0 saturated heterocycles. The van der Waals surface area contributed by atoms with E-state index in [1.165, 1.54) is 35.4 Å². The van der Waals surface area contributed by atoms with Crippen LogP contribution in [0.5, 0.6) is 0 Å². The molecule has 1 amide bonds. The predicted molar refractivity (Wildman–Crippen MR) is 113 cm³/mol. The Bertz CT molecular complexity index is 966. The van der Waals surface area contributed by atoms with Crippen molar-refractivity contribution in [3.63, 3.8) is 0 Å². The molecule has 1 aromatic carbocycles. The summed E-state index contributed by atoms with van der Waals surface area (Å²) in [4.78, 5) is 16.4. The third kappa shape index (κ3) is 5.32. The fourth-order valence-corrected chi connectivity index (χ4v) is 4.40. The minimum Gasteiger partial charge on any atom is -0.330 e. The van der Waals surface area contributed by atoms with Crippen molar-refractivity contribution in [1.82, 2.24) is 15.2 Å². The summed E-state index contributed by atoms with van der Waals surface area (Å²) in [7, 11) is 0. The fraction of sp³-hybridized carbons (Fsp3) is 0.176. The second kappa shape index (κ2) is 8.88. The predicted octanol–water partition coefficient (Wildman–Crippen LogP) is 5.41. The number of aromatic nitrogens is 3. The highest BCUT2D eigenvalue weighted by molar-refractivity contribution is 8.02. The van der Waals surface area contributed by atoms with Gasteiger partial charge in [0.15, 0.2) is 10.2 Å². The fourth-order valence-electron chi connectivity index (χ4n) is 2.07. The second-order valence-corrected chi connectivity index (χ2v) is 8.96. The Hall–Kier alpha value is -1.87. The number of carbonyl (C=O) groups is 1. The topological polar surface area (TPSA) is 79.8 Å². The van der Waals surface area contributed by atoms with Crippen molar-refractivity contribution in [3.8, 4) is 0 Å². The van der Waals surface area contributed by atoms with E-state index in [2.05, 4.69) is 25.8 Å². The quantitative estimate of drug-likeness (QED) is 0.499. The number of thioether (sulfide) groups is 1. The SMILES string of the molecule is Cc1ccccc1Nc1nnc(SC(C)C(=O)Nc2ncc(Cl)cc2Cl)s1. The molecule has 1 unspecified atom stereocenters. The van der Waals surface area contributed by atoms with Gasteiger partial charge >= 0.3 is 0 Å². The molecular formula is C17H15Cl2N5OS2. The number of rotatable bonds is 6. The molecule has 2 aromatic heterocycles. The highest BCUT2D eigenvalue weighted by Gasteiger charge is 2.19. The molecule has 2 N–H and O–H groups in total. The van der Waals surface area contributed by atoms with Crippen molar-refractivity contribution in [2.75, 3.05) is 10.6 Å². The Morgan fingerprint density at radius 2 is 2.04 bits per heavy atom. The summed E-state index contributed by atoms with van der Waals surface area (Å²) in [6.45, 7) is 3.79. The molecule has 0 aliphatic carbocycles. The number of hydrogen-bond acceptors (Lipinski definition) is 7. The standard InChI is InChI=1S/C17H15Cl2N5OS2/c1-9-5-3-4-6-13(9)21-16-23-24-17(27-16)26-10(2)15(25)22-14-12(19)7-11(18)8-20-14/h3-8,10H,1-2H3,(H,21,23)(H,20,22,25). The van der Waals surface area contributed by atoms with E-state index in [4.69, 9.17) is 23.2 Å². The maximum absolute atomic E-state index is 12.4. The average molecular weight is 440 g/mol. The van der Waals surface area contributed by atoms with Crippen LogP contribution >= 0.6 is 46.3 Å². The van der Waals surface area contributed by atoms with Gasteiger partial charge in [-0.3, -0.25) is 4.79 Å². The van der Waals surface area contributed by atoms with Gasteiger partial charge in [0.05, 0.1) is 15.3 Å². The van der Waals surface area contributed by atoms with E-state index in [0.29, 0.717) is 14.5 Å². The number of para-hydroxylation sites is 1. The molecule has 3 rings (SSSR count). The van der Waals surface area contributed by atoms with Crippen LogP contribution in [0.2, 0.25) is 10.0 Å². The van der Waals surface area contributed by atoms with E-state index in [-0.39, 0.29) is 16.7 Å². The molecule has 0 spiro atoms. The Morgan fingerprint density at radius 3 is 2.78 bits per heavy atom. The minimum atomic E-state index is -0.405. The van der Waals surface area contributed by atoms with Gasteiger partial charge in [-0.05, 0) is 31.5 Å². The average Bonchev–Trinajstić information content (AvgIpc) is 3.06. The van der Waals surface area contributed by atoms with E-state index in [0.717, 1.165) is 11.3 Å². The lowest BCUT2D eigenvalue weighted by atomic mass is 10.2. The Morgan fingerprint density at radius 1 is 1.26 bits per heavy atom. The van der Waals surface area contributed by atoms with Crippen LogP contribution < -0.4 is 10.6 Å². The number of nitrogens with one attached hydrogen (secondary N) is 2. The van der Waals surface area contributed by atoms with Crippen LogP contribution in [-0.2, 0) is 4.79 Å². The first-order chi connectivity index (χ1) is 12.9. The molecule has 140 valence electrons. The molecule has 6 nitrogen and oxygen atoms in total. The van der Waals surface area contributed by atoms with Gasteiger partial charge in [-0.2, -0.15) is 0 Å². The maximum atomic E-state index is 12.4. The third-order valence-electron chi connectivity index (χ3n) is 3.49. The van der Waals surface area contributed by atoms with Gasteiger partial charge in [0.25, 0.3) is 0 Å². The van der Waals surface area contributed by atoms with E-state index in [1.54, 1.807) is 6.92 Å². The highest BCUT2D eigenvalue weighted by Crippen LogP contribution is 2.32.